The number of thiol groups is 1. The molecule has 0 saturated heterocycles. The Morgan fingerprint density at radius 1 is 1.00 bits per heavy atom. The second-order valence-corrected chi connectivity index (χ2v) is 3.76. The summed E-state index contributed by atoms with van der Waals surface area (Å²) in [6, 6.07) is 10.4. The molecule has 13 heavy (non-hydrogen) atoms. The molecule has 1 heteroatoms. The molecule has 0 nitrogen and oxygen atoms in total. The average molecular weight is 188 g/mol. The Morgan fingerprint density at radius 3 is 2.23 bits per heavy atom. The van der Waals surface area contributed by atoms with Gasteiger partial charge >= 0.3 is 0 Å². The van der Waals surface area contributed by atoms with Crippen molar-refractivity contribution >= 4 is 12.6 Å². The maximum atomic E-state index is 4.61. The van der Waals surface area contributed by atoms with Gasteiger partial charge < -0.3 is 0 Å². The van der Waals surface area contributed by atoms with Gasteiger partial charge in [0.25, 0.3) is 0 Å². The first-order chi connectivity index (χ1) is 6.38. The van der Waals surface area contributed by atoms with Crippen LogP contribution in [0.1, 0.15) is 10.8 Å². The monoisotopic (exact) mass is 188 g/mol. The van der Waals surface area contributed by atoms with Crippen LogP contribution in [0.3, 0.4) is 0 Å². The molecule has 1 aliphatic carbocycles. The highest BCUT2D eigenvalue weighted by molar-refractivity contribution is 7.80. The van der Waals surface area contributed by atoms with E-state index in [-0.39, 0.29) is 5.25 Å². The standard InChI is InChI=1S/C12H12S/c13-12(11-8-4-5-9-11)10-6-2-1-3-7-10/h1-9,11-13H. The molecule has 0 saturated carbocycles. The van der Waals surface area contributed by atoms with Gasteiger partial charge in [0, 0.05) is 11.2 Å². The van der Waals surface area contributed by atoms with Crippen molar-refractivity contribution in [3.8, 4) is 0 Å². The van der Waals surface area contributed by atoms with E-state index in [4.69, 9.17) is 0 Å². The zero-order valence-corrected chi connectivity index (χ0v) is 8.19. The van der Waals surface area contributed by atoms with Gasteiger partial charge in [-0.25, -0.2) is 0 Å². The lowest BCUT2D eigenvalue weighted by atomic mass is 10.0. The fourth-order valence-corrected chi connectivity index (χ4v) is 1.90. The lowest BCUT2D eigenvalue weighted by molar-refractivity contribution is 0.799. The lowest BCUT2D eigenvalue weighted by Crippen LogP contribution is -2.00. The molecular formula is C12H12S. The van der Waals surface area contributed by atoms with Crippen molar-refractivity contribution < 1.29 is 0 Å². The predicted molar refractivity (Wildman–Crippen MR) is 59.9 cm³/mol. The van der Waals surface area contributed by atoms with E-state index in [1.54, 1.807) is 0 Å². The molecule has 0 aromatic heterocycles. The Balaban J connectivity index is 2.18. The molecule has 0 spiro atoms. The zero-order chi connectivity index (χ0) is 9.10. The topological polar surface area (TPSA) is 0 Å². The molecule has 1 aromatic rings. The Bertz CT molecular complexity index is 312. The van der Waals surface area contributed by atoms with Crippen molar-refractivity contribution in [1.29, 1.82) is 0 Å². The minimum Gasteiger partial charge on any atom is -0.170 e. The number of rotatable bonds is 2. The summed E-state index contributed by atoms with van der Waals surface area (Å²) >= 11 is 4.61. The van der Waals surface area contributed by atoms with E-state index in [9.17, 15) is 0 Å². The molecule has 0 N–H and O–H groups in total. The van der Waals surface area contributed by atoms with E-state index < -0.39 is 0 Å². The van der Waals surface area contributed by atoms with Crippen LogP contribution in [0.25, 0.3) is 0 Å². The summed E-state index contributed by atoms with van der Waals surface area (Å²) in [5.41, 5.74) is 1.28. The smallest absolute Gasteiger partial charge is 0.0364 e. The van der Waals surface area contributed by atoms with E-state index in [1.807, 2.05) is 6.07 Å². The molecule has 1 unspecified atom stereocenters. The maximum Gasteiger partial charge on any atom is 0.0364 e. The molecule has 2 rings (SSSR count). The highest BCUT2D eigenvalue weighted by Crippen LogP contribution is 2.32. The Morgan fingerprint density at radius 2 is 1.62 bits per heavy atom. The zero-order valence-electron chi connectivity index (χ0n) is 7.30. The molecule has 66 valence electrons. The van der Waals surface area contributed by atoms with Crippen molar-refractivity contribution in [1.82, 2.24) is 0 Å². The van der Waals surface area contributed by atoms with Crippen LogP contribution in [0.2, 0.25) is 0 Å². The molecule has 0 radical (unpaired) electrons. The fraction of sp³-hybridized carbons (Fsp3) is 0.167. The molecule has 0 bridgehead atoms. The molecule has 1 aliphatic rings. The third kappa shape index (κ3) is 1.86. The first-order valence-corrected chi connectivity index (χ1v) is 4.97. The largest absolute Gasteiger partial charge is 0.170 e. The van der Waals surface area contributed by atoms with Crippen LogP contribution in [-0.2, 0) is 0 Å². The fourth-order valence-electron chi connectivity index (χ4n) is 1.53. The van der Waals surface area contributed by atoms with Crippen LogP contribution in [0.5, 0.6) is 0 Å². The number of benzene rings is 1. The van der Waals surface area contributed by atoms with Crippen molar-refractivity contribution in [2.75, 3.05) is 0 Å². The van der Waals surface area contributed by atoms with E-state index in [0.717, 1.165) is 0 Å². The number of hydrogen-bond acceptors (Lipinski definition) is 1. The molecular weight excluding hydrogens is 176 g/mol. The van der Waals surface area contributed by atoms with Gasteiger partial charge in [0.15, 0.2) is 0 Å². The molecule has 0 aliphatic heterocycles. The van der Waals surface area contributed by atoms with Crippen LogP contribution < -0.4 is 0 Å². The molecule has 0 amide bonds. The highest BCUT2D eigenvalue weighted by Gasteiger charge is 2.15. The van der Waals surface area contributed by atoms with E-state index in [1.165, 1.54) is 5.56 Å². The van der Waals surface area contributed by atoms with E-state index in [2.05, 4.69) is 61.2 Å². The summed E-state index contributed by atoms with van der Waals surface area (Å²) in [6.07, 6.45) is 8.53. The van der Waals surface area contributed by atoms with Crippen LogP contribution >= 0.6 is 12.6 Å². The Kier molecular flexibility index (Phi) is 2.55. The van der Waals surface area contributed by atoms with Gasteiger partial charge in [-0.1, -0.05) is 54.6 Å². The Labute approximate surface area is 84.4 Å². The average Bonchev–Trinajstić information content (AvgIpc) is 2.71. The first-order valence-electron chi connectivity index (χ1n) is 4.46. The third-order valence-corrected chi connectivity index (χ3v) is 2.93. The second-order valence-electron chi connectivity index (χ2n) is 3.20. The summed E-state index contributed by atoms with van der Waals surface area (Å²) < 4.78 is 0. The Hall–Kier alpha value is -0.950. The van der Waals surface area contributed by atoms with Crippen LogP contribution in [0.15, 0.2) is 54.6 Å². The third-order valence-electron chi connectivity index (χ3n) is 2.28. The molecule has 0 fully saturated rings. The van der Waals surface area contributed by atoms with Crippen molar-refractivity contribution in [3.05, 3.63) is 60.2 Å². The van der Waals surface area contributed by atoms with Gasteiger partial charge in [-0.3, -0.25) is 0 Å². The van der Waals surface area contributed by atoms with Gasteiger partial charge in [-0.2, -0.15) is 12.6 Å². The second kappa shape index (κ2) is 3.84. The summed E-state index contributed by atoms with van der Waals surface area (Å²) in [6.45, 7) is 0. The summed E-state index contributed by atoms with van der Waals surface area (Å²) in [4.78, 5) is 0. The lowest BCUT2D eigenvalue weighted by Gasteiger charge is -2.14. The maximum absolute atomic E-state index is 4.61. The highest BCUT2D eigenvalue weighted by atomic mass is 32.1. The van der Waals surface area contributed by atoms with Crippen molar-refractivity contribution in [2.24, 2.45) is 5.92 Å². The van der Waals surface area contributed by atoms with Crippen LogP contribution in [0.4, 0.5) is 0 Å². The van der Waals surface area contributed by atoms with E-state index in [0.29, 0.717) is 5.92 Å². The van der Waals surface area contributed by atoms with E-state index >= 15 is 0 Å². The number of allylic oxidation sites excluding steroid dienone is 4. The minimum atomic E-state index is 0.288. The normalized spacial score (nSPS) is 17.9. The van der Waals surface area contributed by atoms with Gasteiger partial charge in [-0.15, -0.1) is 0 Å². The number of hydrogen-bond donors (Lipinski definition) is 1. The van der Waals surface area contributed by atoms with Gasteiger partial charge in [-0.05, 0) is 5.56 Å². The van der Waals surface area contributed by atoms with Crippen molar-refractivity contribution in [3.63, 3.8) is 0 Å². The van der Waals surface area contributed by atoms with Crippen LogP contribution in [-0.4, -0.2) is 0 Å². The summed E-state index contributed by atoms with van der Waals surface area (Å²) in [5.74, 6) is 0.450. The van der Waals surface area contributed by atoms with Crippen molar-refractivity contribution in [2.45, 2.75) is 5.25 Å². The first kappa shape index (κ1) is 8.64. The SMILES string of the molecule is SC(c1ccccc1)C1C=CC=C1. The molecule has 1 atom stereocenters. The summed E-state index contributed by atoms with van der Waals surface area (Å²) in [7, 11) is 0. The summed E-state index contributed by atoms with van der Waals surface area (Å²) in [5, 5.41) is 0.288. The van der Waals surface area contributed by atoms with Crippen LogP contribution in [0, 0.1) is 5.92 Å². The van der Waals surface area contributed by atoms with Gasteiger partial charge in [0.2, 0.25) is 0 Å². The molecule has 0 heterocycles. The van der Waals surface area contributed by atoms with Gasteiger partial charge in [0.05, 0.1) is 0 Å². The predicted octanol–water partition coefficient (Wildman–Crippen LogP) is 3.40. The van der Waals surface area contributed by atoms with Gasteiger partial charge in [0.1, 0.15) is 0 Å². The minimum absolute atomic E-state index is 0.288. The quantitative estimate of drug-likeness (QED) is 0.676. The molecule has 1 aromatic carbocycles.